The van der Waals surface area contributed by atoms with Crippen LogP contribution in [0.2, 0.25) is 0 Å². The van der Waals surface area contributed by atoms with Gasteiger partial charge >= 0.3 is 0 Å². The maximum atomic E-state index is 3.48. The number of hydrogen-bond donors (Lipinski definition) is 1. The molecule has 2 fully saturated rings. The Morgan fingerprint density at radius 1 is 1.18 bits per heavy atom. The van der Waals surface area contributed by atoms with Crippen LogP contribution in [0, 0.1) is 0 Å². The summed E-state index contributed by atoms with van der Waals surface area (Å²) < 4.78 is 0. The Morgan fingerprint density at radius 3 is 2.76 bits per heavy atom. The second kappa shape index (κ2) is 6.72. The highest BCUT2D eigenvalue weighted by atomic mass is 15.2. The Balaban J connectivity index is 1.80. The van der Waals surface area contributed by atoms with Crippen LogP contribution < -0.4 is 5.32 Å². The highest BCUT2D eigenvalue weighted by Gasteiger charge is 2.26. The normalized spacial score (nSPS) is 31.9. The Morgan fingerprint density at radius 2 is 2.06 bits per heavy atom. The molecule has 100 valence electrons. The lowest BCUT2D eigenvalue weighted by Crippen LogP contribution is -2.41. The molecule has 0 radical (unpaired) electrons. The van der Waals surface area contributed by atoms with Crippen molar-refractivity contribution in [3.8, 4) is 0 Å². The summed E-state index contributed by atoms with van der Waals surface area (Å²) in [6.45, 7) is 8.62. The highest BCUT2D eigenvalue weighted by Crippen LogP contribution is 2.20. The van der Waals surface area contributed by atoms with Crippen LogP contribution in [-0.4, -0.2) is 61.7 Å². The van der Waals surface area contributed by atoms with Crippen molar-refractivity contribution in [2.75, 3.05) is 39.8 Å². The van der Waals surface area contributed by atoms with Gasteiger partial charge in [0.15, 0.2) is 0 Å². The van der Waals surface area contributed by atoms with E-state index in [9.17, 15) is 0 Å². The van der Waals surface area contributed by atoms with Gasteiger partial charge in [0.05, 0.1) is 0 Å². The van der Waals surface area contributed by atoms with Gasteiger partial charge in [-0.3, -0.25) is 4.90 Å². The van der Waals surface area contributed by atoms with Crippen LogP contribution in [0.15, 0.2) is 0 Å². The summed E-state index contributed by atoms with van der Waals surface area (Å²) in [5.41, 5.74) is 0. The maximum Gasteiger partial charge on any atom is 0.0232 e. The average Bonchev–Trinajstić information content (AvgIpc) is 2.76. The minimum absolute atomic E-state index is 0.790. The maximum absolute atomic E-state index is 3.48. The molecule has 0 aromatic carbocycles. The van der Waals surface area contributed by atoms with Gasteiger partial charge in [-0.2, -0.15) is 0 Å². The van der Waals surface area contributed by atoms with Crippen LogP contribution in [0.25, 0.3) is 0 Å². The van der Waals surface area contributed by atoms with Crippen molar-refractivity contribution in [2.45, 2.75) is 51.1 Å². The molecule has 3 heteroatoms. The smallest absolute Gasteiger partial charge is 0.0232 e. The lowest BCUT2D eigenvalue weighted by molar-refractivity contribution is 0.165. The molecular weight excluding hydrogens is 210 g/mol. The molecule has 0 spiro atoms. The van der Waals surface area contributed by atoms with Crippen LogP contribution in [-0.2, 0) is 0 Å². The average molecular weight is 239 g/mol. The molecule has 2 aliphatic rings. The van der Waals surface area contributed by atoms with Crippen molar-refractivity contribution < 1.29 is 0 Å². The fraction of sp³-hybridized carbons (Fsp3) is 1.00. The van der Waals surface area contributed by atoms with Crippen molar-refractivity contribution >= 4 is 0 Å². The Bertz CT molecular complexity index is 214. The topological polar surface area (TPSA) is 18.5 Å². The van der Waals surface area contributed by atoms with Crippen LogP contribution in [0.5, 0.6) is 0 Å². The summed E-state index contributed by atoms with van der Waals surface area (Å²) >= 11 is 0. The van der Waals surface area contributed by atoms with Crippen molar-refractivity contribution in [3.05, 3.63) is 0 Å². The Kier molecular flexibility index (Phi) is 5.26. The third-order valence-corrected chi connectivity index (χ3v) is 4.52. The summed E-state index contributed by atoms with van der Waals surface area (Å²) in [6, 6.07) is 1.61. The second-order valence-corrected chi connectivity index (χ2v) is 5.74. The van der Waals surface area contributed by atoms with E-state index in [4.69, 9.17) is 0 Å². The van der Waals surface area contributed by atoms with Crippen LogP contribution in [0.4, 0.5) is 0 Å². The first-order valence-electron chi connectivity index (χ1n) is 7.46. The number of rotatable bonds is 4. The van der Waals surface area contributed by atoms with E-state index in [0.29, 0.717) is 0 Å². The fourth-order valence-electron chi connectivity index (χ4n) is 3.37. The molecule has 0 bridgehead atoms. The van der Waals surface area contributed by atoms with Gasteiger partial charge < -0.3 is 10.2 Å². The zero-order chi connectivity index (χ0) is 12.1. The van der Waals surface area contributed by atoms with E-state index in [1.807, 2.05) is 0 Å². The minimum Gasteiger partial charge on any atom is -0.315 e. The van der Waals surface area contributed by atoms with Crippen molar-refractivity contribution in [1.82, 2.24) is 15.1 Å². The molecule has 2 saturated heterocycles. The summed E-state index contributed by atoms with van der Waals surface area (Å²) in [4.78, 5) is 5.32. The zero-order valence-corrected chi connectivity index (χ0v) is 11.6. The first-order chi connectivity index (χ1) is 8.31. The van der Waals surface area contributed by atoms with Gasteiger partial charge in [-0.1, -0.05) is 6.92 Å². The van der Waals surface area contributed by atoms with E-state index in [2.05, 4.69) is 29.1 Å². The van der Waals surface area contributed by atoms with Gasteiger partial charge in [0, 0.05) is 18.6 Å². The van der Waals surface area contributed by atoms with Crippen LogP contribution >= 0.6 is 0 Å². The third kappa shape index (κ3) is 3.67. The molecular formula is C14H29N3. The first-order valence-corrected chi connectivity index (χ1v) is 7.46. The van der Waals surface area contributed by atoms with E-state index in [-0.39, 0.29) is 0 Å². The second-order valence-electron chi connectivity index (χ2n) is 5.74. The quantitative estimate of drug-likeness (QED) is 0.803. The number of nitrogens with zero attached hydrogens (tertiary/aromatic N) is 2. The SMILES string of the molecule is CCCN1CCCC(N(C)C2CCNC2)CC1. The largest absolute Gasteiger partial charge is 0.315 e. The molecule has 2 heterocycles. The summed E-state index contributed by atoms with van der Waals surface area (Å²) in [6.07, 6.45) is 6.79. The molecule has 0 saturated carbocycles. The third-order valence-electron chi connectivity index (χ3n) is 4.52. The number of hydrogen-bond acceptors (Lipinski definition) is 3. The number of nitrogens with one attached hydrogen (secondary N) is 1. The molecule has 17 heavy (non-hydrogen) atoms. The monoisotopic (exact) mass is 239 g/mol. The van der Waals surface area contributed by atoms with E-state index >= 15 is 0 Å². The summed E-state index contributed by atoms with van der Waals surface area (Å²) in [7, 11) is 2.35. The van der Waals surface area contributed by atoms with Gasteiger partial charge in [0.25, 0.3) is 0 Å². The molecule has 2 unspecified atom stereocenters. The standard InChI is InChI=1S/C14H29N3/c1-3-9-17-10-4-5-13(7-11-17)16(2)14-6-8-15-12-14/h13-15H,3-12H2,1-2H3. The molecule has 2 rings (SSSR count). The molecule has 0 amide bonds. The molecule has 1 N–H and O–H groups in total. The van der Waals surface area contributed by atoms with Crippen molar-refractivity contribution in [2.24, 2.45) is 0 Å². The van der Waals surface area contributed by atoms with Crippen LogP contribution in [0.3, 0.4) is 0 Å². The van der Waals surface area contributed by atoms with E-state index < -0.39 is 0 Å². The summed E-state index contributed by atoms with van der Waals surface area (Å²) in [5, 5.41) is 3.48. The van der Waals surface area contributed by atoms with Gasteiger partial charge in [-0.05, 0) is 65.3 Å². The fourth-order valence-corrected chi connectivity index (χ4v) is 3.37. The molecule has 0 aromatic heterocycles. The van der Waals surface area contributed by atoms with Gasteiger partial charge in [-0.25, -0.2) is 0 Å². The van der Waals surface area contributed by atoms with E-state index in [0.717, 1.165) is 12.1 Å². The molecule has 3 nitrogen and oxygen atoms in total. The zero-order valence-electron chi connectivity index (χ0n) is 11.6. The Labute approximate surface area is 107 Å². The molecule has 0 aliphatic carbocycles. The molecule has 2 atom stereocenters. The highest BCUT2D eigenvalue weighted by molar-refractivity contribution is 4.85. The summed E-state index contributed by atoms with van der Waals surface area (Å²) in [5.74, 6) is 0. The van der Waals surface area contributed by atoms with Crippen LogP contribution in [0.1, 0.15) is 39.0 Å². The van der Waals surface area contributed by atoms with Crippen molar-refractivity contribution in [1.29, 1.82) is 0 Å². The Hall–Kier alpha value is -0.120. The van der Waals surface area contributed by atoms with Gasteiger partial charge in [-0.15, -0.1) is 0 Å². The predicted molar refractivity (Wildman–Crippen MR) is 73.4 cm³/mol. The molecule has 0 aromatic rings. The molecule has 2 aliphatic heterocycles. The number of likely N-dealkylation sites (tertiary alicyclic amines) is 1. The first kappa shape index (κ1) is 13.3. The lowest BCUT2D eigenvalue weighted by Gasteiger charge is -2.32. The number of likely N-dealkylation sites (N-methyl/N-ethyl adjacent to an activating group) is 1. The van der Waals surface area contributed by atoms with E-state index in [1.54, 1.807) is 0 Å². The minimum atomic E-state index is 0.790. The predicted octanol–water partition coefficient (Wildman–Crippen LogP) is 1.54. The van der Waals surface area contributed by atoms with E-state index in [1.165, 1.54) is 64.8 Å². The van der Waals surface area contributed by atoms with Gasteiger partial charge in [0.1, 0.15) is 0 Å². The van der Waals surface area contributed by atoms with Gasteiger partial charge in [0.2, 0.25) is 0 Å². The lowest BCUT2D eigenvalue weighted by atomic mass is 10.1. The van der Waals surface area contributed by atoms with Crippen molar-refractivity contribution in [3.63, 3.8) is 0 Å².